The fraction of sp³-hybridized carbons (Fsp3) is 0.681. The zero-order valence-electron chi connectivity index (χ0n) is 38.8. The Bertz CT molecular complexity index is 1860. The molecule has 65 heavy (non-hydrogen) atoms. The Morgan fingerprint density at radius 1 is 0.862 bits per heavy atom. The largest absolute Gasteiger partial charge is 0.466 e. The van der Waals surface area contributed by atoms with Gasteiger partial charge in [0.2, 0.25) is 5.79 Å². The second-order valence-electron chi connectivity index (χ2n) is 18.4. The number of methoxy groups -OCH3 is 2. The molecule has 12 atom stereocenters. The summed E-state index contributed by atoms with van der Waals surface area (Å²) in [5.41, 5.74) is -2.16. The second-order valence-corrected chi connectivity index (χ2v) is 18.4. The lowest BCUT2D eigenvalue weighted by molar-refractivity contribution is -0.348. The molecule has 0 aliphatic carbocycles. The molecule has 4 aliphatic heterocycles. The van der Waals surface area contributed by atoms with Crippen molar-refractivity contribution in [1.82, 2.24) is 0 Å². The van der Waals surface area contributed by atoms with Gasteiger partial charge in [-0.1, -0.05) is 70.6 Å². The summed E-state index contributed by atoms with van der Waals surface area (Å²) in [6.07, 6.45) is -0.770. The molecule has 0 spiro atoms. The van der Waals surface area contributed by atoms with Gasteiger partial charge in [-0.15, -0.1) is 0 Å². The number of cyclic esters (lactones) is 1. The maximum atomic E-state index is 13.4. The molecule has 1 unspecified atom stereocenters. The number of hydrogen-bond acceptors (Lipinski definition) is 18. The number of aliphatic hydroxyl groups is 5. The third-order valence-electron chi connectivity index (χ3n) is 12.5. The standard InChI is InChI=1S/C47H68O18/c1-10-31(50)13-11-12-14-39(52)63-43-30(21-41(54)59-9)20-34-24-37(27(2)48)62-42(55)23-32(51)22-35-25-38(60-28(3)49)45(6,7)46(56,64-35)26-36-18-29(19-40(53)58-8)17-33(61-36)15-16-44(4,5)47(43,57)65-34/h11-16,19,21,27,31-38,43,48,50-51,56-57H,10,17-18,20,22-26H2,1-9H3/b13-11+,14-12+,16-15-,29-19+,30-21+/t27-,31?,32-,33+,34+,35-,36+,37-,38+,43+,46+,47-/m1/s1. The van der Waals surface area contributed by atoms with E-state index in [0.717, 1.165) is 19.3 Å². The molecule has 3 fully saturated rings. The van der Waals surface area contributed by atoms with Gasteiger partial charge in [0.25, 0.3) is 0 Å². The number of rotatable bonds is 9. The van der Waals surface area contributed by atoms with Crippen LogP contribution in [0, 0.1) is 10.8 Å². The van der Waals surface area contributed by atoms with Crippen LogP contribution in [0.25, 0.3) is 0 Å². The maximum absolute atomic E-state index is 13.4. The number of carbonyl (C=O) groups excluding carboxylic acids is 5. The van der Waals surface area contributed by atoms with Gasteiger partial charge in [0.15, 0.2) is 11.9 Å². The average molecular weight is 921 g/mol. The van der Waals surface area contributed by atoms with Gasteiger partial charge < -0.3 is 63.4 Å². The number of carbonyl (C=O) groups is 5. The highest BCUT2D eigenvalue weighted by atomic mass is 16.7. The highest BCUT2D eigenvalue weighted by Gasteiger charge is 2.59. The van der Waals surface area contributed by atoms with E-state index < -0.39 is 120 Å². The molecule has 5 N–H and O–H groups in total. The van der Waals surface area contributed by atoms with Crippen molar-refractivity contribution < 1.29 is 87.4 Å². The molecule has 4 aliphatic rings. The first kappa shape index (κ1) is 53.3. The molecular formula is C47H68O18. The number of aliphatic hydroxyl groups excluding tert-OH is 3. The Kier molecular flexibility index (Phi) is 18.5. The Morgan fingerprint density at radius 3 is 2.17 bits per heavy atom. The van der Waals surface area contributed by atoms with E-state index >= 15 is 0 Å². The summed E-state index contributed by atoms with van der Waals surface area (Å²) in [5, 5.41) is 57.4. The van der Waals surface area contributed by atoms with Crippen LogP contribution in [0.3, 0.4) is 0 Å². The van der Waals surface area contributed by atoms with Crippen molar-refractivity contribution in [1.29, 1.82) is 0 Å². The lowest BCUT2D eigenvalue weighted by Crippen LogP contribution is -2.62. The first-order valence-corrected chi connectivity index (χ1v) is 22.0. The van der Waals surface area contributed by atoms with E-state index in [2.05, 4.69) is 0 Å². The van der Waals surface area contributed by atoms with Gasteiger partial charge in [-0.05, 0) is 38.2 Å². The minimum absolute atomic E-state index is 0.0623. The Labute approximate surface area is 380 Å². The van der Waals surface area contributed by atoms with E-state index in [1.54, 1.807) is 46.8 Å². The fourth-order valence-corrected chi connectivity index (χ4v) is 8.56. The number of ether oxygens (including phenoxy) is 8. The number of fused-ring (bicyclic) bond motifs is 6. The molecule has 364 valence electrons. The Hall–Kier alpha value is -4.27. The minimum atomic E-state index is -2.51. The molecule has 18 nitrogen and oxygen atoms in total. The van der Waals surface area contributed by atoms with Crippen molar-refractivity contribution in [3.05, 3.63) is 59.8 Å². The van der Waals surface area contributed by atoms with Gasteiger partial charge in [0.1, 0.15) is 12.2 Å². The average Bonchev–Trinajstić information content (AvgIpc) is 3.20. The normalized spacial score (nSPS) is 35.9. The van der Waals surface area contributed by atoms with Crippen LogP contribution in [0.4, 0.5) is 0 Å². The van der Waals surface area contributed by atoms with Gasteiger partial charge in [0.05, 0.1) is 68.8 Å². The Morgan fingerprint density at radius 2 is 1.54 bits per heavy atom. The predicted octanol–water partition coefficient (Wildman–Crippen LogP) is 3.25. The van der Waals surface area contributed by atoms with E-state index in [0.29, 0.717) is 12.0 Å². The summed E-state index contributed by atoms with van der Waals surface area (Å²) in [7, 11) is 2.38. The maximum Gasteiger partial charge on any atom is 0.331 e. The van der Waals surface area contributed by atoms with Gasteiger partial charge in [-0.2, -0.15) is 0 Å². The minimum Gasteiger partial charge on any atom is -0.466 e. The van der Waals surface area contributed by atoms with E-state index in [1.807, 2.05) is 0 Å². The molecule has 0 amide bonds. The summed E-state index contributed by atoms with van der Waals surface area (Å²) in [6, 6.07) is 0. The monoisotopic (exact) mass is 920 g/mol. The van der Waals surface area contributed by atoms with Crippen LogP contribution in [0.1, 0.15) is 106 Å². The number of esters is 5. The van der Waals surface area contributed by atoms with Crippen LogP contribution < -0.4 is 0 Å². The summed E-state index contributed by atoms with van der Waals surface area (Å²) < 4.78 is 46.6. The van der Waals surface area contributed by atoms with Crippen LogP contribution >= 0.6 is 0 Å². The number of allylic oxidation sites excluding steroid dienone is 2. The lowest BCUT2D eigenvalue weighted by atomic mass is 9.70. The van der Waals surface area contributed by atoms with E-state index in [1.165, 1.54) is 45.3 Å². The van der Waals surface area contributed by atoms with Crippen LogP contribution in [0.5, 0.6) is 0 Å². The molecule has 4 rings (SSSR count). The van der Waals surface area contributed by atoms with Gasteiger partial charge in [0, 0.05) is 56.3 Å². The van der Waals surface area contributed by atoms with Gasteiger partial charge in [-0.3, -0.25) is 9.59 Å². The topological polar surface area (TPSA) is 260 Å². The summed E-state index contributed by atoms with van der Waals surface area (Å²) in [4.78, 5) is 64.7. The van der Waals surface area contributed by atoms with Crippen LogP contribution in [0.2, 0.25) is 0 Å². The van der Waals surface area contributed by atoms with Crippen molar-refractivity contribution in [2.45, 2.75) is 179 Å². The third kappa shape index (κ3) is 13.9. The van der Waals surface area contributed by atoms with Gasteiger partial charge >= 0.3 is 29.8 Å². The van der Waals surface area contributed by atoms with Gasteiger partial charge in [-0.25, -0.2) is 14.4 Å². The van der Waals surface area contributed by atoms with E-state index in [4.69, 9.17) is 37.9 Å². The van der Waals surface area contributed by atoms with E-state index in [9.17, 15) is 49.5 Å². The molecular weight excluding hydrogens is 852 g/mol. The van der Waals surface area contributed by atoms with Crippen molar-refractivity contribution in [2.24, 2.45) is 10.8 Å². The summed E-state index contributed by atoms with van der Waals surface area (Å²) >= 11 is 0. The zero-order valence-corrected chi connectivity index (χ0v) is 38.8. The van der Waals surface area contributed by atoms with Crippen LogP contribution in [-0.2, 0) is 61.9 Å². The molecule has 18 heteroatoms. The van der Waals surface area contributed by atoms with Crippen LogP contribution in [-0.4, -0.2) is 142 Å². The third-order valence-corrected chi connectivity index (χ3v) is 12.5. The first-order chi connectivity index (χ1) is 30.3. The van der Waals surface area contributed by atoms with Crippen molar-refractivity contribution >= 4 is 29.8 Å². The summed E-state index contributed by atoms with van der Waals surface area (Å²) in [6.45, 7) is 10.9. The molecule has 0 aromatic heterocycles. The molecule has 0 saturated carbocycles. The smallest absolute Gasteiger partial charge is 0.331 e. The van der Waals surface area contributed by atoms with Crippen molar-refractivity contribution in [2.75, 3.05) is 14.2 Å². The van der Waals surface area contributed by atoms with Crippen molar-refractivity contribution in [3.8, 4) is 0 Å². The molecule has 3 saturated heterocycles. The fourth-order valence-electron chi connectivity index (χ4n) is 8.56. The molecule has 6 bridgehead atoms. The molecule has 4 heterocycles. The molecule has 0 aromatic rings. The zero-order chi connectivity index (χ0) is 48.5. The lowest BCUT2D eigenvalue weighted by Gasteiger charge is -2.53. The van der Waals surface area contributed by atoms with Crippen molar-refractivity contribution in [3.63, 3.8) is 0 Å². The molecule has 0 aromatic carbocycles. The number of hydrogen-bond donors (Lipinski definition) is 5. The highest BCUT2D eigenvalue weighted by Crippen LogP contribution is 2.50. The summed E-state index contributed by atoms with van der Waals surface area (Å²) in [5.74, 6) is -8.52. The highest BCUT2D eigenvalue weighted by molar-refractivity contribution is 5.85. The predicted molar refractivity (Wildman–Crippen MR) is 230 cm³/mol. The second kappa shape index (κ2) is 22.5. The molecule has 0 radical (unpaired) electrons. The SMILES string of the molecule is CCC(O)/C=C/C=C/C(=O)O[C@H]1/C(=C/C(=O)OC)C[C@H]2C[C@H]([C@@H](C)O)OC(=O)C[C@H](O)C[C@@H]3C[C@H](OC(C)=O)C(C)(C)[C@](O)(C[C@@H]4C/C(=C/C(=O)OC)C[C@H](/C=C\C(C)(C)[C@]1(O)O2)O4)O3. The quantitative estimate of drug-likeness (QED) is 0.0731. The van der Waals surface area contributed by atoms with Crippen LogP contribution in [0.15, 0.2) is 59.8 Å². The first-order valence-electron chi connectivity index (χ1n) is 22.0. The Balaban J connectivity index is 1.89. The van der Waals surface area contributed by atoms with E-state index in [-0.39, 0.29) is 50.5 Å².